The molecule has 3 rings (SSSR count). The largest absolute Gasteiger partial charge is 0.497 e. The molecule has 5 N–H and O–H groups in total. The Kier molecular flexibility index (Phi) is 8.00. The maximum absolute atomic E-state index is 11.1. The summed E-state index contributed by atoms with van der Waals surface area (Å²) in [7, 11) is -1.11. The normalized spacial score (nSPS) is 14.9. The standard InChI is InChI=1S/C18H24N6O6S2/c1-29-12-5-3-11(4-6-12)8-31-17-14-16(20-9-21-17)24(10-22-14)18(26)15(25)13(30-2)7-23-32(19,27)28/h3-6,9-10,13,15,18,23,25-26H,7-8H2,1-2H3,(H2,19,27,28)/t13-,15-,18-/m1/s1. The lowest BCUT2D eigenvalue weighted by molar-refractivity contribution is -0.0994. The molecule has 0 aliphatic carbocycles. The Hall–Kier alpha value is -2.33. The Morgan fingerprint density at radius 2 is 1.91 bits per heavy atom. The van der Waals surface area contributed by atoms with Gasteiger partial charge in [0, 0.05) is 19.4 Å². The molecule has 0 aliphatic heterocycles. The average molecular weight is 485 g/mol. The molecule has 0 aliphatic rings. The van der Waals surface area contributed by atoms with Gasteiger partial charge in [-0.25, -0.2) is 20.1 Å². The van der Waals surface area contributed by atoms with Crippen LogP contribution in [0, 0.1) is 0 Å². The molecule has 3 atom stereocenters. The van der Waals surface area contributed by atoms with Gasteiger partial charge in [0.25, 0.3) is 10.2 Å². The van der Waals surface area contributed by atoms with E-state index in [-0.39, 0.29) is 6.54 Å². The Balaban J connectivity index is 1.76. The molecule has 2 aromatic heterocycles. The molecule has 0 radical (unpaired) electrons. The van der Waals surface area contributed by atoms with E-state index in [1.807, 2.05) is 29.0 Å². The highest BCUT2D eigenvalue weighted by Crippen LogP contribution is 2.28. The molecular formula is C18H24N6O6S2. The number of imidazole rings is 1. The van der Waals surface area contributed by atoms with Crippen LogP contribution in [0.3, 0.4) is 0 Å². The van der Waals surface area contributed by atoms with Crippen LogP contribution in [0.5, 0.6) is 5.75 Å². The lowest BCUT2D eigenvalue weighted by Gasteiger charge is -2.26. The van der Waals surface area contributed by atoms with E-state index in [4.69, 9.17) is 14.6 Å². The molecule has 32 heavy (non-hydrogen) atoms. The summed E-state index contributed by atoms with van der Waals surface area (Å²) < 4.78 is 35.8. The van der Waals surface area contributed by atoms with E-state index in [1.165, 1.54) is 36.1 Å². The molecule has 0 spiro atoms. The number of fused-ring (bicyclic) bond motifs is 1. The topological polar surface area (TPSA) is 175 Å². The van der Waals surface area contributed by atoms with Gasteiger partial charge in [-0.05, 0) is 17.7 Å². The summed E-state index contributed by atoms with van der Waals surface area (Å²) in [4.78, 5) is 12.7. The smallest absolute Gasteiger partial charge is 0.274 e. The van der Waals surface area contributed by atoms with Crippen LogP contribution in [-0.4, -0.2) is 71.1 Å². The number of nitrogens with zero attached hydrogens (tertiary/aromatic N) is 4. The van der Waals surface area contributed by atoms with E-state index in [0.717, 1.165) is 11.3 Å². The van der Waals surface area contributed by atoms with Gasteiger partial charge in [0.05, 0.1) is 13.4 Å². The quantitative estimate of drug-likeness (QED) is 0.210. The number of nitrogens with two attached hydrogens (primary N) is 1. The van der Waals surface area contributed by atoms with Gasteiger partial charge in [0.2, 0.25) is 0 Å². The van der Waals surface area contributed by atoms with E-state index in [0.29, 0.717) is 21.9 Å². The molecule has 174 valence electrons. The van der Waals surface area contributed by atoms with Gasteiger partial charge < -0.3 is 19.7 Å². The molecule has 2 heterocycles. The number of hydrogen-bond donors (Lipinski definition) is 4. The third-order valence-electron chi connectivity index (χ3n) is 4.62. The number of methoxy groups -OCH3 is 2. The number of aliphatic hydroxyl groups excluding tert-OH is 2. The zero-order chi connectivity index (χ0) is 23.3. The van der Waals surface area contributed by atoms with Crippen molar-refractivity contribution in [1.29, 1.82) is 0 Å². The van der Waals surface area contributed by atoms with Crippen molar-refractivity contribution in [1.82, 2.24) is 24.2 Å². The average Bonchev–Trinajstić information content (AvgIpc) is 3.21. The highest BCUT2D eigenvalue weighted by molar-refractivity contribution is 7.98. The molecule has 0 bridgehead atoms. The van der Waals surface area contributed by atoms with Crippen molar-refractivity contribution in [2.24, 2.45) is 5.14 Å². The van der Waals surface area contributed by atoms with Crippen molar-refractivity contribution in [3.8, 4) is 5.75 Å². The summed E-state index contributed by atoms with van der Waals surface area (Å²) >= 11 is 1.44. The minimum Gasteiger partial charge on any atom is -0.497 e. The number of nitrogens with one attached hydrogen (secondary N) is 1. The lowest BCUT2D eigenvalue weighted by Crippen LogP contribution is -2.45. The van der Waals surface area contributed by atoms with Crippen LogP contribution in [0.15, 0.2) is 41.9 Å². The molecule has 3 aromatic rings. The molecule has 0 saturated carbocycles. The van der Waals surface area contributed by atoms with Gasteiger partial charge in [-0.3, -0.25) is 4.57 Å². The number of hydrogen-bond acceptors (Lipinski definition) is 10. The Morgan fingerprint density at radius 1 is 1.19 bits per heavy atom. The maximum atomic E-state index is 11.1. The van der Waals surface area contributed by atoms with E-state index >= 15 is 0 Å². The third-order valence-corrected chi connectivity index (χ3v) is 6.24. The van der Waals surface area contributed by atoms with Crippen LogP contribution in [-0.2, 0) is 20.7 Å². The molecule has 0 unspecified atom stereocenters. The summed E-state index contributed by atoms with van der Waals surface area (Å²) in [6, 6.07) is 7.64. The first-order valence-corrected chi connectivity index (χ1v) is 11.9. The Morgan fingerprint density at radius 3 is 2.53 bits per heavy atom. The van der Waals surface area contributed by atoms with Crippen molar-refractivity contribution in [2.45, 2.75) is 29.2 Å². The molecule has 0 amide bonds. The van der Waals surface area contributed by atoms with Crippen molar-refractivity contribution >= 4 is 33.1 Å². The molecule has 14 heteroatoms. The minimum atomic E-state index is -3.99. The minimum absolute atomic E-state index is 0.304. The van der Waals surface area contributed by atoms with E-state index < -0.39 is 28.6 Å². The fraction of sp³-hybridized carbons (Fsp3) is 0.389. The zero-order valence-electron chi connectivity index (χ0n) is 17.3. The van der Waals surface area contributed by atoms with Crippen LogP contribution in [0.4, 0.5) is 0 Å². The van der Waals surface area contributed by atoms with Crippen LogP contribution in [0.25, 0.3) is 11.2 Å². The van der Waals surface area contributed by atoms with Crippen LogP contribution in [0.1, 0.15) is 11.8 Å². The van der Waals surface area contributed by atoms with E-state index in [1.54, 1.807) is 7.11 Å². The van der Waals surface area contributed by atoms with Gasteiger partial charge >= 0.3 is 0 Å². The number of benzene rings is 1. The van der Waals surface area contributed by atoms with Gasteiger partial charge in [-0.1, -0.05) is 23.9 Å². The van der Waals surface area contributed by atoms with Crippen molar-refractivity contribution in [2.75, 3.05) is 20.8 Å². The number of rotatable bonds is 11. The summed E-state index contributed by atoms with van der Waals surface area (Å²) in [5, 5.41) is 26.7. The van der Waals surface area contributed by atoms with Crippen molar-refractivity contribution in [3.05, 3.63) is 42.5 Å². The van der Waals surface area contributed by atoms with Crippen molar-refractivity contribution in [3.63, 3.8) is 0 Å². The van der Waals surface area contributed by atoms with E-state index in [2.05, 4.69) is 15.0 Å². The first kappa shape index (κ1) is 24.3. The second-order valence-corrected chi connectivity index (χ2v) is 9.05. The fourth-order valence-electron chi connectivity index (χ4n) is 2.90. The number of thioether (sulfide) groups is 1. The summed E-state index contributed by atoms with van der Waals surface area (Å²) in [5.74, 6) is 1.39. The highest BCUT2D eigenvalue weighted by Gasteiger charge is 2.30. The number of aliphatic hydroxyl groups is 2. The first-order valence-electron chi connectivity index (χ1n) is 9.33. The molecule has 1 aromatic carbocycles. The predicted octanol–water partition coefficient (Wildman–Crippen LogP) is -0.213. The second-order valence-electron chi connectivity index (χ2n) is 6.71. The third kappa shape index (κ3) is 5.92. The summed E-state index contributed by atoms with van der Waals surface area (Å²) in [5.41, 5.74) is 1.81. The second kappa shape index (κ2) is 10.5. The Labute approximate surface area is 189 Å². The van der Waals surface area contributed by atoms with Gasteiger partial charge in [0.1, 0.15) is 34.8 Å². The molecular weight excluding hydrogens is 460 g/mol. The Bertz CT molecular complexity index is 1140. The van der Waals surface area contributed by atoms with Crippen LogP contribution in [0.2, 0.25) is 0 Å². The highest BCUT2D eigenvalue weighted by atomic mass is 32.2. The van der Waals surface area contributed by atoms with E-state index in [9.17, 15) is 18.6 Å². The number of aromatic nitrogens is 4. The molecule has 0 saturated heterocycles. The predicted molar refractivity (Wildman–Crippen MR) is 117 cm³/mol. The fourth-order valence-corrected chi connectivity index (χ4v) is 4.20. The zero-order valence-corrected chi connectivity index (χ0v) is 19.0. The first-order chi connectivity index (χ1) is 15.2. The van der Waals surface area contributed by atoms with Crippen molar-refractivity contribution < 1.29 is 28.1 Å². The maximum Gasteiger partial charge on any atom is 0.274 e. The summed E-state index contributed by atoms with van der Waals surface area (Å²) in [6.07, 6.45) is -1.43. The lowest BCUT2D eigenvalue weighted by atomic mass is 10.1. The molecule has 0 fully saturated rings. The summed E-state index contributed by atoms with van der Waals surface area (Å²) in [6.45, 7) is -0.335. The van der Waals surface area contributed by atoms with Gasteiger partial charge in [-0.2, -0.15) is 13.1 Å². The van der Waals surface area contributed by atoms with Crippen LogP contribution >= 0.6 is 11.8 Å². The monoisotopic (exact) mass is 484 g/mol. The van der Waals surface area contributed by atoms with Crippen LogP contribution < -0.4 is 14.6 Å². The van der Waals surface area contributed by atoms with Gasteiger partial charge in [-0.15, -0.1) is 0 Å². The number of ether oxygens (including phenoxy) is 2. The van der Waals surface area contributed by atoms with Gasteiger partial charge in [0.15, 0.2) is 11.9 Å². The SMILES string of the molecule is COc1ccc(CSc2ncnc3c2ncn3[C@H](O)[C@H](O)[C@@H](CNS(N)(=O)=O)OC)cc1. The molecule has 12 nitrogen and oxygen atoms in total.